The molecule has 2 aromatic rings. The summed E-state index contributed by atoms with van der Waals surface area (Å²) in [6.45, 7) is 0. The summed E-state index contributed by atoms with van der Waals surface area (Å²) in [4.78, 5) is 0. The zero-order valence-electron chi connectivity index (χ0n) is 6.68. The molecule has 4 heteroatoms. The second-order valence-corrected chi connectivity index (χ2v) is 4.24. The zero-order chi connectivity index (χ0) is 9.42. The van der Waals surface area contributed by atoms with Crippen molar-refractivity contribution in [1.82, 2.24) is 0 Å². The van der Waals surface area contributed by atoms with Crippen molar-refractivity contribution in [2.45, 2.75) is 5.33 Å². The minimum Gasteiger partial charge on any atom is -0.396 e. The smallest absolute Gasteiger partial charge is 0.146 e. The van der Waals surface area contributed by atoms with Crippen molar-refractivity contribution in [1.29, 1.82) is 0 Å². The lowest BCUT2D eigenvalue weighted by atomic mass is 10.2. The molecule has 0 saturated carbocycles. The molecule has 0 atom stereocenters. The molecule has 0 spiro atoms. The lowest BCUT2D eigenvalue weighted by Crippen LogP contribution is -1.89. The number of alkyl halides is 1. The molecular formula is C9H7BrFNS. The van der Waals surface area contributed by atoms with E-state index in [0.29, 0.717) is 0 Å². The van der Waals surface area contributed by atoms with Crippen LogP contribution in [0.1, 0.15) is 5.56 Å². The Morgan fingerprint density at radius 3 is 2.92 bits per heavy atom. The number of thiophene rings is 1. The van der Waals surface area contributed by atoms with E-state index in [0.717, 1.165) is 21.0 Å². The maximum atomic E-state index is 13.1. The van der Waals surface area contributed by atoms with Gasteiger partial charge in [0.05, 0.1) is 5.69 Å². The summed E-state index contributed by atoms with van der Waals surface area (Å²) in [6, 6.07) is 3.18. The number of hydrogen-bond acceptors (Lipinski definition) is 2. The Kier molecular flexibility index (Phi) is 2.26. The molecule has 1 aromatic carbocycles. The van der Waals surface area contributed by atoms with Crippen molar-refractivity contribution in [3.05, 3.63) is 28.9 Å². The number of nitrogen functional groups attached to an aromatic ring is 1. The van der Waals surface area contributed by atoms with Gasteiger partial charge in [-0.25, -0.2) is 4.39 Å². The van der Waals surface area contributed by atoms with Crippen LogP contribution in [0.25, 0.3) is 10.1 Å². The van der Waals surface area contributed by atoms with Crippen molar-refractivity contribution in [2.24, 2.45) is 0 Å². The summed E-state index contributed by atoms with van der Waals surface area (Å²) < 4.78 is 14.1. The van der Waals surface area contributed by atoms with Crippen LogP contribution in [-0.2, 0) is 5.33 Å². The standard InChI is InChI=1S/C9H7BrFNS/c10-3-5-4-13-9-2-8(12)7(11)1-6(5)9/h1-2,4H,3,12H2. The minimum absolute atomic E-state index is 0.218. The number of anilines is 1. The molecule has 68 valence electrons. The van der Waals surface area contributed by atoms with E-state index in [4.69, 9.17) is 5.73 Å². The lowest BCUT2D eigenvalue weighted by molar-refractivity contribution is 0.634. The maximum absolute atomic E-state index is 13.1. The average Bonchev–Trinajstić information content (AvgIpc) is 2.48. The van der Waals surface area contributed by atoms with E-state index in [2.05, 4.69) is 15.9 Å². The highest BCUT2D eigenvalue weighted by Crippen LogP contribution is 2.30. The SMILES string of the molecule is Nc1cc2scc(CBr)c2cc1F. The number of halogens is 2. The zero-order valence-corrected chi connectivity index (χ0v) is 9.08. The van der Waals surface area contributed by atoms with E-state index in [1.165, 1.54) is 6.07 Å². The summed E-state index contributed by atoms with van der Waals surface area (Å²) in [6.07, 6.45) is 0. The molecule has 0 saturated heterocycles. The van der Waals surface area contributed by atoms with Gasteiger partial charge in [0, 0.05) is 10.0 Å². The number of fused-ring (bicyclic) bond motifs is 1. The molecule has 0 aliphatic rings. The van der Waals surface area contributed by atoms with Gasteiger partial charge in [-0.1, -0.05) is 15.9 Å². The third kappa shape index (κ3) is 1.44. The van der Waals surface area contributed by atoms with Gasteiger partial charge in [0.1, 0.15) is 5.82 Å². The van der Waals surface area contributed by atoms with Crippen molar-refractivity contribution in [2.75, 3.05) is 5.73 Å². The van der Waals surface area contributed by atoms with Gasteiger partial charge in [0.25, 0.3) is 0 Å². The largest absolute Gasteiger partial charge is 0.396 e. The molecule has 0 bridgehead atoms. The van der Waals surface area contributed by atoms with Crippen LogP contribution in [0.3, 0.4) is 0 Å². The average molecular weight is 260 g/mol. The van der Waals surface area contributed by atoms with Crippen LogP contribution < -0.4 is 5.73 Å². The van der Waals surface area contributed by atoms with Gasteiger partial charge in [-0.3, -0.25) is 0 Å². The summed E-state index contributed by atoms with van der Waals surface area (Å²) in [5.74, 6) is -0.340. The topological polar surface area (TPSA) is 26.0 Å². The van der Waals surface area contributed by atoms with Crippen LogP contribution in [-0.4, -0.2) is 0 Å². The Bertz CT molecular complexity index is 452. The molecule has 1 nitrogen and oxygen atoms in total. The summed E-state index contributed by atoms with van der Waals surface area (Å²) in [7, 11) is 0. The van der Waals surface area contributed by atoms with Crippen molar-refractivity contribution >= 4 is 43.0 Å². The molecule has 1 heterocycles. The van der Waals surface area contributed by atoms with Crippen molar-refractivity contribution < 1.29 is 4.39 Å². The van der Waals surface area contributed by atoms with E-state index in [1.807, 2.05) is 5.38 Å². The van der Waals surface area contributed by atoms with Crippen LogP contribution in [0.5, 0.6) is 0 Å². The maximum Gasteiger partial charge on any atom is 0.146 e. The van der Waals surface area contributed by atoms with Crippen LogP contribution >= 0.6 is 27.3 Å². The van der Waals surface area contributed by atoms with Gasteiger partial charge in [0.15, 0.2) is 0 Å². The number of hydrogen-bond donors (Lipinski definition) is 1. The Labute approximate surface area is 87.5 Å². The highest BCUT2D eigenvalue weighted by molar-refractivity contribution is 9.08. The van der Waals surface area contributed by atoms with Gasteiger partial charge in [-0.15, -0.1) is 11.3 Å². The van der Waals surface area contributed by atoms with Crippen LogP contribution in [0.4, 0.5) is 10.1 Å². The number of rotatable bonds is 1. The normalized spacial score (nSPS) is 10.9. The fourth-order valence-electron chi connectivity index (χ4n) is 1.22. The first kappa shape index (κ1) is 8.97. The highest BCUT2D eigenvalue weighted by atomic mass is 79.9. The predicted octanol–water partition coefficient (Wildman–Crippen LogP) is 3.52. The molecule has 13 heavy (non-hydrogen) atoms. The first-order valence-electron chi connectivity index (χ1n) is 3.73. The fourth-order valence-corrected chi connectivity index (χ4v) is 2.89. The third-order valence-electron chi connectivity index (χ3n) is 1.92. The fraction of sp³-hybridized carbons (Fsp3) is 0.111. The third-order valence-corrected chi connectivity index (χ3v) is 3.52. The van der Waals surface area contributed by atoms with Gasteiger partial charge >= 0.3 is 0 Å². The monoisotopic (exact) mass is 259 g/mol. The van der Waals surface area contributed by atoms with Crippen LogP contribution in [0, 0.1) is 5.82 Å². The molecule has 0 amide bonds. The predicted molar refractivity (Wildman–Crippen MR) is 58.8 cm³/mol. The van der Waals surface area contributed by atoms with E-state index < -0.39 is 0 Å². The van der Waals surface area contributed by atoms with Gasteiger partial charge in [-0.2, -0.15) is 0 Å². The molecular weight excluding hydrogens is 253 g/mol. The quantitative estimate of drug-likeness (QED) is 0.616. The van der Waals surface area contributed by atoms with Crippen LogP contribution in [0.15, 0.2) is 17.5 Å². The number of nitrogens with two attached hydrogens (primary N) is 1. The summed E-state index contributed by atoms with van der Waals surface area (Å²) >= 11 is 4.94. The second kappa shape index (κ2) is 3.27. The van der Waals surface area contributed by atoms with E-state index in [9.17, 15) is 4.39 Å². The first-order chi connectivity index (χ1) is 6.22. The van der Waals surface area contributed by atoms with Crippen molar-refractivity contribution in [3.8, 4) is 0 Å². The Balaban J connectivity index is 2.77. The molecule has 0 aliphatic heterocycles. The van der Waals surface area contributed by atoms with Gasteiger partial charge < -0.3 is 5.73 Å². The summed E-state index contributed by atoms with van der Waals surface area (Å²) in [5.41, 5.74) is 6.78. The first-order valence-corrected chi connectivity index (χ1v) is 5.73. The Morgan fingerprint density at radius 1 is 1.46 bits per heavy atom. The minimum atomic E-state index is -0.340. The van der Waals surface area contributed by atoms with Gasteiger partial charge in [0.2, 0.25) is 0 Å². The van der Waals surface area contributed by atoms with Crippen molar-refractivity contribution in [3.63, 3.8) is 0 Å². The highest BCUT2D eigenvalue weighted by Gasteiger charge is 2.06. The molecule has 0 radical (unpaired) electrons. The molecule has 0 aliphatic carbocycles. The van der Waals surface area contributed by atoms with Gasteiger partial charge in [-0.05, 0) is 28.5 Å². The molecule has 2 N–H and O–H groups in total. The Hall–Kier alpha value is -0.610. The van der Waals surface area contributed by atoms with E-state index >= 15 is 0 Å². The molecule has 2 rings (SSSR count). The van der Waals surface area contributed by atoms with E-state index in [1.54, 1.807) is 17.4 Å². The van der Waals surface area contributed by atoms with Crippen LogP contribution in [0.2, 0.25) is 0 Å². The number of benzene rings is 1. The second-order valence-electron chi connectivity index (χ2n) is 2.76. The van der Waals surface area contributed by atoms with E-state index in [-0.39, 0.29) is 11.5 Å². The molecule has 0 fully saturated rings. The molecule has 1 aromatic heterocycles. The summed E-state index contributed by atoms with van der Waals surface area (Å²) in [5, 5.41) is 3.71. The lowest BCUT2D eigenvalue weighted by Gasteiger charge is -1.97. The Morgan fingerprint density at radius 2 is 2.23 bits per heavy atom. The molecule has 0 unspecified atom stereocenters.